The maximum absolute atomic E-state index is 11.9. The molecule has 0 atom stereocenters. The van der Waals surface area contributed by atoms with Gasteiger partial charge in [-0.3, -0.25) is 4.79 Å². The predicted molar refractivity (Wildman–Crippen MR) is 90.8 cm³/mol. The Balaban J connectivity index is 1.89. The van der Waals surface area contributed by atoms with Gasteiger partial charge in [0, 0.05) is 11.8 Å². The lowest BCUT2D eigenvalue weighted by Gasteiger charge is -2.04. The van der Waals surface area contributed by atoms with Gasteiger partial charge in [0.25, 0.3) is 0 Å². The smallest absolute Gasteiger partial charge is 0.248 e. The van der Waals surface area contributed by atoms with Crippen molar-refractivity contribution in [3.8, 4) is 5.75 Å². The summed E-state index contributed by atoms with van der Waals surface area (Å²) in [6.45, 7) is 2.18. The molecule has 22 heavy (non-hydrogen) atoms. The number of phenolic OH excluding ortho intramolecular Hbond substituents is 1. The molecule has 0 aliphatic carbocycles. The number of unbranched alkanes of at least 4 members (excludes halogenated alkanes) is 1. The van der Waals surface area contributed by atoms with E-state index < -0.39 is 0 Å². The lowest BCUT2D eigenvalue weighted by molar-refractivity contribution is -0.111. The fourth-order valence-corrected chi connectivity index (χ4v) is 2.08. The molecule has 0 unspecified atom stereocenters. The fourth-order valence-electron chi connectivity index (χ4n) is 2.08. The Morgan fingerprint density at radius 2 is 1.77 bits per heavy atom. The molecule has 0 fully saturated rings. The third-order valence-corrected chi connectivity index (χ3v) is 3.36. The first kappa shape index (κ1) is 15.8. The van der Waals surface area contributed by atoms with E-state index >= 15 is 0 Å². The van der Waals surface area contributed by atoms with Gasteiger partial charge in [0.2, 0.25) is 5.91 Å². The molecular formula is C19H21NO2. The highest BCUT2D eigenvalue weighted by molar-refractivity contribution is 6.01. The lowest BCUT2D eigenvalue weighted by Crippen LogP contribution is -2.07. The van der Waals surface area contributed by atoms with E-state index in [9.17, 15) is 9.90 Å². The largest absolute Gasteiger partial charge is 0.508 e. The second-order valence-electron chi connectivity index (χ2n) is 5.21. The molecule has 0 bridgehead atoms. The van der Waals surface area contributed by atoms with Gasteiger partial charge in [-0.25, -0.2) is 0 Å². The van der Waals surface area contributed by atoms with Crippen LogP contribution in [0.5, 0.6) is 5.75 Å². The predicted octanol–water partition coefficient (Wildman–Crippen LogP) is 4.39. The van der Waals surface area contributed by atoms with Crippen LogP contribution in [0, 0.1) is 0 Å². The maximum Gasteiger partial charge on any atom is 0.248 e. The molecule has 3 heteroatoms. The third-order valence-electron chi connectivity index (χ3n) is 3.36. The molecule has 114 valence electrons. The van der Waals surface area contributed by atoms with Crippen LogP contribution < -0.4 is 5.32 Å². The van der Waals surface area contributed by atoms with E-state index in [1.807, 2.05) is 12.1 Å². The molecule has 0 radical (unpaired) electrons. The third kappa shape index (κ3) is 5.09. The van der Waals surface area contributed by atoms with Crippen molar-refractivity contribution in [1.82, 2.24) is 0 Å². The van der Waals surface area contributed by atoms with E-state index in [-0.39, 0.29) is 11.7 Å². The molecule has 0 spiro atoms. The van der Waals surface area contributed by atoms with Crippen LogP contribution in [0.3, 0.4) is 0 Å². The van der Waals surface area contributed by atoms with Crippen molar-refractivity contribution in [1.29, 1.82) is 0 Å². The van der Waals surface area contributed by atoms with Crippen LogP contribution in [-0.2, 0) is 11.2 Å². The summed E-state index contributed by atoms with van der Waals surface area (Å²) in [6, 6.07) is 14.6. The summed E-state index contributed by atoms with van der Waals surface area (Å²) in [4.78, 5) is 11.9. The quantitative estimate of drug-likeness (QED) is 0.777. The van der Waals surface area contributed by atoms with Gasteiger partial charge in [-0.05, 0) is 54.3 Å². The number of aromatic hydroxyl groups is 1. The number of nitrogens with one attached hydrogen (secondary N) is 1. The van der Waals surface area contributed by atoms with Crippen LogP contribution >= 0.6 is 0 Å². The van der Waals surface area contributed by atoms with Crippen LogP contribution in [0.4, 0.5) is 5.69 Å². The Hall–Kier alpha value is -2.55. The number of carbonyl (C=O) groups is 1. The number of carbonyl (C=O) groups excluding carboxylic acids is 1. The second-order valence-corrected chi connectivity index (χ2v) is 5.21. The molecule has 2 aromatic carbocycles. The lowest BCUT2D eigenvalue weighted by atomic mass is 10.1. The van der Waals surface area contributed by atoms with E-state index in [0.717, 1.165) is 17.7 Å². The Morgan fingerprint density at radius 1 is 1.09 bits per heavy atom. The topological polar surface area (TPSA) is 49.3 Å². The fraction of sp³-hybridized carbons (Fsp3) is 0.211. The average molecular weight is 295 g/mol. The van der Waals surface area contributed by atoms with Gasteiger partial charge >= 0.3 is 0 Å². The van der Waals surface area contributed by atoms with Crippen molar-refractivity contribution in [2.75, 3.05) is 5.32 Å². The van der Waals surface area contributed by atoms with Crippen LogP contribution in [0.25, 0.3) is 6.08 Å². The molecule has 2 N–H and O–H groups in total. The van der Waals surface area contributed by atoms with Gasteiger partial charge in [0.05, 0.1) is 0 Å². The highest BCUT2D eigenvalue weighted by Crippen LogP contribution is 2.13. The Bertz CT molecular complexity index is 627. The first-order chi connectivity index (χ1) is 10.7. The molecule has 1 amide bonds. The number of amides is 1. The van der Waals surface area contributed by atoms with Crippen LogP contribution in [0.1, 0.15) is 30.9 Å². The van der Waals surface area contributed by atoms with Gasteiger partial charge in [0.15, 0.2) is 0 Å². The number of anilines is 1. The second kappa shape index (κ2) is 8.03. The number of hydrogen-bond donors (Lipinski definition) is 2. The van der Waals surface area contributed by atoms with E-state index in [1.54, 1.807) is 30.3 Å². The minimum atomic E-state index is -0.172. The van der Waals surface area contributed by atoms with Crippen LogP contribution in [-0.4, -0.2) is 11.0 Å². The standard InChI is InChI=1S/C19H21NO2/c1-2-3-4-15-5-10-17(11-6-15)20-19(22)14-9-16-7-12-18(21)13-8-16/h5-14,21H,2-4H2,1H3,(H,20,22)/b14-9+. The molecule has 0 saturated carbocycles. The molecule has 2 aromatic rings. The van der Waals surface area contributed by atoms with Crippen molar-refractivity contribution in [3.05, 3.63) is 65.7 Å². The molecule has 3 nitrogen and oxygen atoms in total. The molecule has 0 aromatic heterocycles. The summed E-state index contributed by atoms with van der Waals surface area (Å²) in [5.41, 5.74) is 2.95. The van der Waals surface area contributed by atoms with Gasteiger partial charge < -0.3 is 10.4 Å². The highest BCUT2D eigenvalue weighted by Gasteiger charge is 1.99. The zero-order valence-electron chi connectivity index (χ0n) is 12.8. The minimum absolute atomic E-state index is 0.172. The van der Waals surface area contributed by atoms with E-state index in [1.165, 1.54) is 24.5 Å². The summed E-state index contributed by atoms with van der Waals surface area (Å²) in [7, 11) is 0. The summed E-state index contributed by atoms with van der Waals surface area (Å²) in [6.07, 6.45) is 6.63. The van der Waals surface area contributed by atoms with Crippen LogP contribution in [0.15, 0.2) is 54.6 Å². The van der Waals surface area contributed by atoms with Crippen molar-refractivity contribution in [3.63, 3.8) is 0 Å². The van der Waals surface area contributed by atoms with E-state index in [4.69, 9.17) is 0 Å². The Labute approximate surface area is 131 Å². The van der Waals surface area contributed by atoms with Gasteiger partial charge in [0.1, 0.15) is 5.75 Å². The number of phenols is 1. The number of benzene rings is 2. The monoisotopic (exact) mass is 295 g/mol. The summed E-state index contributed by atoms with van der Waals surface area (Å²) < 4.78 is 0. The summed E-state index contributed by atoms with van der Waals surface area (Å²) >= 11 is 0. The number of rotatable bonds is 6. The zero-order chi connectivity index (χ0) is 15.8. The highest BCUT2D eigenvalue weighted by atomic mass is 16.3. The normalized spacial score (nSPS) is 10.8. The number of aryl methyl sites for hydroxylation is 1. The Morgan fingerprint density at radius 3 is 2.41 bits per heavy atom. The van der Waals surface area contributed by atoms with E-state index in [2.05, 4.69) is 24.4 Å². The summed E-state index contributed by atoms with van der Waals surface area (Å²) in [5.74, 6) is 0.0409. The van der Waals surface area contributed by atoms with Crippen LogP contribution in [0.2, 0.25) is 0 Å². The molecule has 0 aliphatic rings. The minimum Gasteiger partial charge on any atom is -0.508 e. The molecule has 0 aliphatic heterocycles. The first-order valence-corrected chi connectivity index (χ1v) is 7.54. The van der Waals surface area contributed by atoms with E-state index in [0.29, 0.717) is 0 Å². The van der Waals surface area contributed by atoms with Crippen molar-refractivity contribution >= 4 is 17.7 Å². The molecular weight excluding hydrogens is 274 g/mol. The van der Waals surface area contributed by atoms with Gasteiger partial charge in [-0.2, -0.15) is 0 Å². The van der Waals surface area contributed by atoms with Gasteiger partial charge in [-0.1, -0.05) is 37.6 Å². The number of hydrogen-bond acceptors (Lipinski definition) is 2. The summed E-state index contributed by atoms with van der Waals surface area (Å²) in [5, 5.41) is 12.0. The van der Waals surface area contributed by atoms with Crippen molar-refractivity contribution < 1.29 is 9.90 Å². The molecule has 2 rings (SSSR count). The van der Waals surface area contributed by atoms with Crippen molar-refractivity contribution in [2.24, 2.45) is 0 Å². The average Bonchev–Trinajstić information content (AvgIpc) is 2.54. The molecule has 0 saturated heterocycles. The zero-order valence-corrected chi connectivity index (χ0v) is 12.8. The molecule has 0 heterocycles. The maximum atomic E-state index is 11.9. The Kier molecular flexibility index (Phi) is 5.78. The van der Waals surface area contributed by atoms with Gasteiger partial charge in [-0.15, -0.1) is 0 Å². The SMILES string of the molecule is CCCCc1ccc(NC(=O)/C=C/c2ccc(O)cc2)cc1. The van der Waals surface area contributed by atoms with Crippen molar-refractivity contribution in [2.45, 2.75) is 26.2 Å². The first-order valence-electron chi connectivity index (χ1n) is 7.54.